The summed E-state index contributed by atoms with van der Waals surface area (Å²) in [7, 11) is 0. The Hall–Kier alpha value is -3.19. The van der Waals surface area contributed by atoms with E-state index in [1.54, 1.807) is 17.0 Å². The number of ether oxygens (including phenoxy) is 1. The molecular weight excluding hydrogens is 346 g/mol. The second kappa shape index (κ2) is 5.92. The van der Waals surface area contributed by atoms with Crippen LogP contribution in [0.5, 0.6) is 5.75 Å². The van der Waals surface area contributed by atoms with Gasteiger partial charge in [-0.05, 0) is 31.5 Å². The van der Waals surface area contributed by atoms with Crippen molar-refractivity contribution in [2.45, 2.75) is 26.0 Å². The molecule has 0 saturated heterocycles. The van der Waals surface area contributed by atoms with Crippen LogP contribution in [0.4, 0.5) is 5.69 Å². The first kappa shape index (κ1) is 17.2. The van der Waals surface area contributed by atoms with Crippen molar-refractivity contribution in [1.29, 1.82) is 0 Å². The number of fused-ring (bicyclic) bond motifs is 2. The van der Waals surface area contributed by atoms with E-state index in [9.17, 15) is 14.9 Å². The van der Waals surface area contributed by atoms with Crippen LogP contribution in [-0.2, 0) is 6.54 Å². The largest absolute Gasteiger partial charge is 0.483 e. The van der Waals surface area contributed by atoms with Crippen LogP contribution >= 0.6 is 0 Å². The van der Waals surface area contributed by atoms with Crippen LogP contribution in [-0.4, -0.2) is 27.9 Å². The second-order valence-electron chi connectivity index (χ2n) is 7.13. The normalized spacial score (nSPS) is 17.4. The van der Waals surface area contributed by atoms with Crippen molar-refractivity contribution >= 4 is 17.3 Å². The average Bonchev–Trinajstić information content (AvgIpc) is 2.96. The summed E-state index contributed by atoms with van der Waals surface area (Å²) in [6, 6.07) is 11.8. The molecule has 0 fully saturated rings. The Morgan fingerprint density at radius 1 is 1.22 bits per heavy atom. The van der Waals surface area contributed by atoms with Crippen LogP contribution in [0.25, 0.3) is 5.70 Å². The summed E-state index contributed by atoms with van der Waals surface area (Å²) in [5, 5.41) is 11.3. The molecule has 2 aromatic rings. The van der Waals surface area contributed by atoms with Crippen molar-refractivity contribution in [2.24, 2.45) is 5.73 Å². The number of non-ortho nitro benzene ring substituents is 1. The Balaban J connectivity index is 1.94. The molecule has 0 aliphatic carbocycles. The topological polar surface area (TPSA) is 98.7 Å². The molecule has 7 heteroatoms. The second-order valence-corrected chi connectivity index (χ2v) is 7.13. The number of nitrogens with two attached hydrogens (primary N) is 1. The lowest BCUT2D eigenvalue weighted by molar-refractivity contribution is -0.384. The highest BCUT2D eigenvalue weighted by Gasteiger charge is 2.41. The lowest BCUT2D eigenvalue weighted by atomic mass is 9.88. The summed E-state index contributed by atoms with van der Waals surface area (Å²) >= 11 is 0. The van der Waals surface area contributed by atoms with Crippen molar-refractivity contribution < 1.29 is 14.5 Å². The molecule has 2 aliphatic heterocycles. The van der Waals surface area contributed by atoms with Gasteiger partial charge in [-0.3, -0.25) is 14.9 Å². The van der Waals surface area contributed by atoms with E-state index in [1.807, 2.05) is 32.0 Å². The van der Waals surface area contributed by atoms with Gasteiger partial charge in [0.15, 0.2) is 0 Å². The third-order valence-electron chi connectivity index (χ3n) is 5.10. The quantitative estimate of drug-likeness (QED) is 0.666. The number of hydrogen-bond acceptors (Lipinski definition) is 5. The van der Waals surface area contributed by atoms with Gasteiger partial charge in [0.05, 0.1) is 17.2 Å². The van der Waals surface area contributed by atoms with Crippen molar-refractivity contribution in [2.75, 3.05) is 6.54 Å². The fourth-order valence-corrected chi connectivity index (χ4v) is 3.78. The first-order valence-electron chi connectivity index (χ1n) is 8.65. The van der Waals surface area contributed by atoms with E-state index in [0.717, 1.165) is 11.1 Å². The molecule has 0 atom stereocenters. The van der Waals surface area contributed by atoms with Gasteiger partial charge >= 0.3 is 0 Å². The van der Waals surface area contributed by atoms with Gasteiger partial charge in [0.2, 0.25) is 0 Å². The predicted molar refractivity (Wildman–Crippen MR) is 100 cm³/mol. The van der Waals surface area contributed by atoms with Gasteiger partial charge in [-0.15, -0.1) is 0 Å². The minimum Gasteiger partial charge on any atom is -0.483 e. The van der Waals surface area contributed by atoms with Gasteiger partial charge in [0, 0.05) is 35.4 Å². The molecule has 2 N–H and O–H groups in total. The molecule has 0 radical (unpaired) electrons. The maximum atomic E-state index is 13.1. The van der Waals surface area contributed by atoms with Gasteiger partial charge in [-0.25, -0.2) is 0 Å². The predicted octanol–water partition coefficient (Wildman–Crippen LogP) is 3.09. The van der Waals surface area contributed by atoms with E-state index in [0.29, 0.717) is 29.1 Å². The molecular formula is C20H19N3O4. The summed E-state index contributed by atoms with van der Waals surface area (Å²) in [4.78, 5) is 25.5. The Morgan fingerprint density at radius 3 is 2.63 bits per heavy atom. The summed E-state index contributed by atoms with van der Waals surface area (Å²) in [5.41, 5.74) is 8.65. The van der Waals surface area contributed by atoms with E-state index < -0.39 is 10.5 Å². The summed E-state index contributed by atoms with van der Waals surface area (Å²) in [6.07, 6.45) is 0. The number of hydrogen-bond donors (Lipinski definition) is 1. The van der Waals surface area contributed by atoms with E-state index in [2.05, 4.69) is 0 Å². The first-order chi connectivity index (χ1) is 12.8. The smallest absolute Gasteiger partial charge is 0.270 e. The molecule has 0 unspecified atom stereocenters. The van der Waals surface area contributed by atoms with Crippen molar-refractivity contribution in [1.82, 2.24) is 4.90 Å². The van der Waals surface area contributed by atoms with Crippen LogP contribution in [0, 0.1) is 10.1 Å². The number of amides is 1. The average molecular weight is 365 g/mol. The molecule has 0 aromatic heterocycles. The molecule has 0 spiro atoms. The summed E-state index contributed by atoms with van der Waals surface area (Å²) in [6.45, 7) is 4.33. The number of rotatable bonds is 3. The molecule has 2 aliphatic rings. The minimum absolute atomic E-state index is 0.0601. The third-order valence-corrected chi connectivity index (χ3v) is 5.10. The molecule has 2 aromatic carbocycles. The van der Waals surface area contributed by atoms with Crippen LogP contribution in [0.3, 0.4) is 0 Å². The highest BCUT2D eigenvalue weighted by atomic mass is 16.6. The van der Waals surface area contributed by atoms with Crippen molar-refractivity contribution in [3.05, 3.63) is 74.8 Å². The SMILES string of the molecule is CC1(C)Oc2ccc([N+](=O)[O-])cc2C(N2Cc3ccccc3C2=O)=C1CN. The number of nitro groups is 1. The van der Waals surface area contributed by atoms with Crippen molar-refractivity contribution in [3.63, 3.8) is 0 Å². The Kier molecular flexibility index (Phi) is 3.78. The maximum absolute atomic E-state index is 13.1. The van der Waals surface area contributed by atoms with E-state index in [-0.39, 0.29) is 18.1 Å². The minimum atomic E-state index is -0.734. The zero-order chi connectivity index (χ0) is 19.3. The molecule has 27 heavy (non-hydrogen) atoms. The molecule has 7 nitrogen and oxygen atoms in total. The van der Waals surface area contributed by atoms with Crippen LogP contribution in [0.1, 0.15) is 35.3 Å². The Bertz CT molecular complexity index is 1010. The van der Waals surface area contributed by atoms with E-state index in [4.69, 9.17) is 10.5 Å². The van der Waals surface area contributed by atoms with Gasteiger partial charge in [-0.1, -0.05) is 18.2 Å². The molecule has 138 valence electrons. The molecule has 2 heterocycles. The van der Waals surface area contributed by atoms with Crippen LogP contribution in [0.15, 0.2) is 48.0 Å². The molecule has 1 amide bonds. The molecule has 0 saturated carbocycles. The fraction of sp³-hybridized carbons (Fsp3) is 0.250. The third kappa shape index (κ3) is 2.59. The first-order valence-corrected chi connectivity index (χ1v) is 8.65. The highest BCUT2D eigenvalue weighted by Crippen LogP contribution is 2.45. The number of nitrogens with zero attached hydrogens (tertiary/aromatic N) is 2. The van der Waals surface area contributed by atoms with Gasteiger partial charge in [0.25, 0.3) is 11.6 Å². The fourth-order valence-electron chi connectivity index (χ4n) is 3.78. The van der Waals surface area contributed by atoms with Crippen molar-refractivity contribution in [3.8, 4) is 5.75 Å². The number of benzene rings is 2. The maximum Gasteiger partial charge on any atom is 0.270 e. The van der Waals surface area contributed by atoms with Gasteiger partial charge in [-0.2, -0.15) is 0 Å². The van der Waals surface area contributed by atoms with Gasteiger partial charge in [0.1, 0.15) is 11.4 Å². The monoisotopic (exact) mass is 365 g/mol. The zero-order valence-corrected chi connectivity index (χ0v) is 15.1. The summed E-state index contributed by atoms with van der Waals surface area (Å²) < 4.78 is 6.06. The Morgan fingerprint density at radius 2 is 1.96 bits per heavy atom. The molecule has 0 bridgehead atoms. The lowest BCUT2D eigenvalue weighted by Gasteiger charge is -2.39. The van der Waals surface area contributed by atoms with Crippen LogP contribution in [0.2, 0.25) is 0 Å². The van der Waals surface area contributed by atoms with Gasteiger partial charge < -0.3 is 15.4 Å². The number of carbonyl (C=O) groups is 1. The standard InChI is InChI=1S/C20H19N3O4/c1-20(2)16(10-21)18(15-9-13(23(25)26)7-8-17(15)27-20)22-11-12-5-3-4-6-14(12)19(22)24/h3-9H,10-11,21H2,1-2H3. The highest BCUT2D eigenvalue weighted by molar-refractivity contribution is 6.04. The van der Waals surface area contributed by atoms with E-state index in [1.165, 1.54) is 12.1 Å². The van der Waals surface area contributed by atoms with Crippen LogP contribution < -0.4 is 10.5 Å². The number of carbonyl (C=O) groups excluding carboxylic acids is 1. The van der Waals surface area contributed by atoms with E-state index >= 15 is 0 Å². The Labute approximate surface area is 156 Å². The zero-order valence-electron chi connectivity index (χ0n) is 15.1. The summed E-state index contributed by atoms with van der Waals surface area (Å²) in [5.74, 6) is 0.364. The lowest BCUT2D eigenvalue weighted by Crippen LogP contribution is -2.41. The number of nitro benzene ring substituents is 1. The molecule has 4 rings (SSSR count).